The van der Waals surface area contributed by atoms with E-state index < -0.39 is 55.4 Å². The van der Waals surface area contributed by atoms with Crippen LogP contribution in [-0.2, 0) is 28.5 Å². The largest absolute Gasteiger partial charge is 0.462 e. The van der Waals surface area contributed by atoms with Crippen LogP contribution in [0.25, 0.3) is 0 Å². The molecule has 10 heteroatoms. The third-order valence-electron chi connectivity index (χ3n) is 10.1. The van der Waals surface area contributed by atoms with E-state index in [2.05, 4.69) is 74.6 Å². The Bertz CT molecular complexity index is 1190. The predicted molar refractivity (Wildman–Crippen MR) is 238 cm³/mol. The van der Waals surface area contributed by atoms with Crippen LogP contribution in [0.15, 0.2) is 72.9 Å². The monoisotopic (exact) mass is 831 g/mol. The van der Waals surface area contributed by atoms with Crippen molar-refractivity contribution in [2.45, 2.75) is 205 Å². The maximum Gasteiger partial charge on any atom is 0.306 e. The van der Waals surface area contributed by atoms with Crippen LogP contribution in [0.1, 0.15) is 168 Å². The quantitative estimate of drug-likeness (QED) is 0.0271. The Morgan fingerprint density at radius 1 is 0.525 bits per heavy atom. The van der Waals surface area contributed by atoms with Crippen LogP contribution in [0.5, 0.6) is 0 Å². The first kappa shape index (κ1) is 54.2. The molecule has 4 N–H and O–H groups in total. The topological polar surface area (TPSA) is 152 Å². The summed E-state index contributed by atoms with van der Waals surface area (Å²) in [6.07, 6.45) is 42.0. The van der Waals surface area contributed by atoms with E-state index in [0.717, 1.165) is 51.4 Å². The van der Waals surface area contributed by atoms with E-state index in [4.69, 9.17) is 18.9 Å². The third-order valence-corrected chi connectivity index (χ3v) is 10.1. The van der Waals surface area contributed by atoms with Gasteiger partial charge < -0.3 is 39.4 Å². The molecule has 338 valence electrons. The van der Waals surface area contributed by atoms with E-state index in [1.54, 1.807) is 0 Å². The summed E-state index contributed by atoms with van der Waals surface area (Å²) in [5, 5.41) is 40.1. The van der Waals surface area contributed by atoms with Crippen LogP contribution in [0.3, 0.4) is 0 Å². The number of hydrogen-bond acceptors (Lipinski definition) is 10. The van der Waals surface area contributed by atoms with Gasteiger partial charge in [-0.15, -0.1) is 0 Å². The minimum Gasteiger partial charge on any atom is -0.462 e. The lowest BCUT2D eigenvalue weighted by Crippen LogP contribution is -2.59. The molecule has 10 nitrogen and oxygen atoms in total. The summed E-state index contributed by atoms with van der Waals surface area (Å²) in [5.41, 5.74) is 0. The van der Waals surface area contributed by atoms with Gasteiger partial charge in [-0.25, -0.2) is 0 Å². The molecule has 1 aliphatic heterocycles. The fourth-order valence-corrected chi connectivity index (χ4v) is 6.40. The molecular formula is C49H82O10. The summed E-state index contributed by atoms with van der Waals surface area (Å²) < 4.78 is 22.1. The number of ether oxygens (including phenoxy) is 4. The van der Waals surface area contributed by atoms with Crippen molar-refractivity contribution in [2.75, 3.05) is 19.8 Å². The number of unbranched alkanes of at least 4 members (excludes halogenated alkanes) is 14. The molecule has 1 heterocycles. The summed E-state index contributed by atoms with van der Waals surface area (Å²) in [5.74, 6) is -0.926. The zero-order valence-electron chi connectivity index (χ0n) is 36.7. The SMILES string of the molecule is CCCCC/C=C/C/C=C/C/C=C/C/C=C/C/C=C/CCC(=O)O[C@H](COC(=O)CCCCC/C=C/CCCCCCCCCC)CO[C@@H]1O[C@H](CO)[C@H](O)C(O)C1O. The second kappa shape index (κ2) is 39.3. The zero-order chi connectivity index (χ0) is 43.0. The van der Waals surface area contributed by atoms with Gasteiger partial charge in [-0.1, -0.05) is 151 Å². The molecule has 0 amide bonds. The lowest BCUT2D eigenvalue weighted by Gasteiger charge is -2.39. The van der Waals surface area contributed by atoms with E-state index in [-0.39, 0.29) is 26.1 Å². The second-order valence-electron chi connectivity index (χ2n) is 15.5. The van der Waals surface area contributed by atoms with Gasteiger partial charge in [0.05, 0.1) is 13.2 Å². The number of allylic oxidation sites excluding steroid dienone is 12. The Labute approximate surface area is 357 Å². The van der Waals surface area contributed by atoms with Crippen molar-refractivity contribution in [3.63, 3.8) is 0 Å². The number of rotatable bonds is 37. The van der Waals surface area contributed by atoms with Gasteiger partial charge in [0, 0.05) is 12.8 Å². The van der Waals surface area contributed by atoms with Crippen LogP contribution in [0.2, 0.25) is 0 Å². The van der Waals surface area contributed by atoms with Gasteiger partial charge in [0.2, 0.25) is 0 Å². The Kier molecular flexibility index (Phi) is 36.1. The fourth-order valence-electron chi connectivity index (χ4n) is 6.40. The number of carbonyl (C=O) groups excluding carboxylic acids is 2. The van der Waals surface area contributed by atoms with Gasteiger partial charge >= 0.3 is 11.9 Å². The minimum atomic E-state index is -1.61. The van der Waals surface area contributed by atoms with Gasteiger partial charge in [-0.3, -0.25) is 9.59 Å². The average Bonchev–Trinajstić information content (AvgIpc) is 3.23. The standard InChI is InChI=1S/C49H82O10/c1-3-5-7-9-11-13-15-17-19-20-21-22-24-26-28-30-32-34-36-38-45(52)58-42(41-57-49-48(55)47(54)46(53)43(39-50)59-49)40-56-44(51)37-35-33-31-29-27-25-23-18-16-14-12-10-8-6-4-2/h11,13,17,19,21-22,25-28,32,34,42-43,46-50,53-55H,3-10,12,14-16,18,20,23-24,29-31,33,35-41H2,1-2H3/b13-11+,19-17+,22-21+,27-25+,28-26+,34-32+/t42-,43-,46+,47?,48?,49-/m1/s1. The van der Waals surface area contributed by atoms with Crippen LogP contribution in [-0.4, -0.2) is 89.0 Å². The summed E-state index contributed by atoms with van der Waals surface area (Å²) in [6.45, 7) is 3.29. The highest BCUT2D eigenvalue weighted by molar-refractivity contribution is 5.70. The van der Waals surface area contributed by atoms with Crippen LogP contribution in [0, 0.1) is 0 Å². The van der Waals surface area contributed by atoms with Crippen molar-refractivity contribution in [3.8, 4) is 0 Å². The molecule has 1 saturated heterocycles. The lowest BCUT2D eigenvalue weighted by atomic mass is 9.99. The molecule has 6 atom stereocenters. The predicted octanol–water partition coefficient (Wildman–Crippen LogP) is 10.00. The van der Waals surface area contributed by atoms with Crippen LogP contribution >= 0.6 is 0 Å². The van der Waals surface area contributed by atoms with Gasteiger partial charge in [0.25, 0.3) is 0 Å². The molecule has 0 aromatic heterocycles. The van der Waals surface area contributed by atoms with Crippen molar-refractivity contribution in [2.24, 2.45) is 0 Å². The minimum absolute atomic E-state index is 0.100. The maximum absolute atomic E-state index is 12.7. The van der Waals surface area contributed by atoms with Crippen molar-refractivity contribution < 1.29 is 49.0 Å². The molecule has 0 saturated carbocycles. The molecule has 2 unspecified atom stereocenters. The summed E-state index contributed by atoms with van der Waals surface area (Å²) in [4.78, 5) is 25.3. The highest BCUT2D eigenvalue weighted by Gasteiger charge is 2.44. The highest BCUT2D eigenvalue weighted by atomic mass is 16.7. The van der Waals surface area contributed by atoms with E-state index in [1.165, 1.54) is 77.0 Å². The van der Waals surface area contributed by atoms with Crippen molar-refractivity contribution in [3.05, 3.63) is 72.9 Å². The molecule has 0 radical (unpaired) electrons. The fraction of sp³-hybridized carbons (Fsp3) is 0.714. The first-order valence-electron chi connectivity index (χ1n) is 23.0. The first-order valence-corrected chi connectivity index (χ1v) is 23.0. The zero-order valence-corrected chi connectivity index (χ0v) is 36.7. The Morgan fingerprint density at radius 2 is 0.983 bits per heavy atom. The number of hydrogen-bond donors (Lipinski definition) is 4. The molecule has 1 rings (SSSR count). The van der Waals surface area contributed by atoms with Crippen molar-refractivity contribution in [1.82, 2.24) is 0 Å². The highest BCUT2D eigenvalue weighted by Crippen LogP contribution is 2.22. The Morgan fingerprint density at radius 3 is 1.54 bits per heavy atom. The van der Waals surface area contributed by atoms with E-state index in [9.17, 15) is 30.0 Å². The lowest BCUT2D eigenvalue weighted by molar-refractivity contribution is -0.305. The van der Waals surface area contributed by atoms with E-state index in [0.29, 0.717) is 12.8 Å². The number of aliphatic hydroxyl groups is 4. The van der Waals surface area contributed by atoms with Crippen molar-refractivity contribution >= 4 is 11.9 Å². The molecule has 1 fully saturated rings. The molecule has 0 aliphatic carbocycles. The van der Waals surface area contributed by atoms with Crippen LogP contribution in [0.4, 0.5) is 0 Å². The van der Waals surface area contributed by atoms with Gasteiger partial charge in [-0.2, -0.15) is 0 Å². The number of aliphatic hydroxyl groups excluding tert-OH is 4. The van der Waals surface area contributed by atoms with E-state index >= 15 is 0 Å². The van der Waals surface area contributed by atoms with Gasteiger partial charge in [0.15, 0.2) is 12.4 Å². The summed E-state index contributed by atoms with van der Waals surface area (Å²) >= 11 is 0. The first-order chi connectivity index (χ1) is 28.8. The van der Waals surface area contributed by atoms with Crippen molar-refractivity contribution in [1.29, 1.82) is 0 Å². The molecule has 0 aromatic carbocycles. The molecule has 0 bridgehead atoms. The molecule has 1 aliphatic rings. The molecule has 59 heavy (non-hydrogen) atoms. The van der Waals surface area contributed by atoms with E-state index in [1.807, 2.05) is 12.2 Å². The number of esters is 2. The molecular weight excluding hydrogens is 749 g/mol. The summed E-state index contributed by atoms with van der Waals surface area (Å²) in [7, 11) is 0. The molecule has 0 spiro atoms. The van der Waals surface area contributed by atoms with Crippen LogP contribution < -0.4 is 0 Å². The molecule has 0 aromatic rings. The summed E-state index contributed by atoms with van der Waals surface area (Å²) in [6, 6.07) is 0. The third kappa shape index (κ3) is 30.8. The Balaban J connectivity index is 2.40. The Hall–Kier alpha value is -2.86. The maximum atomic E-state index is 12.7. The second-order valence-corrected chi connectivity index (χ2v) is 15.5. The van der Waals surface area contributed by atoms with Gasteiger partial charge in [0.1, 0.15) is 31.0 Å². The van der Waals surface area contributed by atoms with Gasteiger partial charge in [-0.05, 0) is 77.0 Å². The smallest absolute Gasteiger partial charge is 0.306 e. The number of carbonyl (C=O) groups is 2. The average molecular weight is 831 g/mol. The normalized spacial score (nSPS) is 20.7.